The molecule has 2 aromatic rings. The summed E-state index contributed by atoms with van der Waals surface area (Å²) in [4.78, 5) is 20.6. The zero-order valence-corrected chi connectivity index (χ0v) is 14.6. The van der Waals surface area contributed by atoms with Crippen LogP contribution in [0.4, 0.5) is 0 Å². The highest BCUT2D eigenvalue weighted by molar-refractivity contribution is 5.89. The highest BCUT2D eigenvalue weighted by Gasteiger charge is 2.05. The average molecular weight is 396 g/mol. The van der Waals surface area contributed by atoms with Crippen molar-refractivity contribution in [1.29, 1.82) is 0 Å². The van der Waals surface area contributed by atoms with E-state index in [2.05, 4.69) is 0 Å². The molecule has 0 radical (unpaired) electrons. The molecule has 1 fully saturated rings. The van der Waals surface area contributed by atoms with Crippen molar-refractivity contribution in [1.82, 2.24) is 0 Å². The van der Waals surface area contributed by atoms with Crippen LogP contribution >= 0.6 is 0 Å². The van der Waals surface area contributed by atoms with Crippen LogP contribution < -0.4 is 0 Å². The quantitative estimate of drug-likeness (QED) is 0.438. The van der Waals surface area contributed by atoms with Crippen LogP contribution in [0, 0.1) is 0 Å². The van der Waals surface area contributed by atoms with Crippen LogP contribution in [-0.4, -0.2) is 69.0 Å². The smallest absolute Gasteiger partial charge is 0.335 e. The number of hydrogen-bond acceptors (Lipinski definition) is 8. The Hall–Kier alpha value is -3.50. The monoisotopic (exact) mass is 396 g/mol. The van der Waals surface area contributed by atoms with Crippen LogP contribution in [-0.2, 0) is 9.47 Å². The number of carboxylic acid groups (broad SMARTS) is 2. The third kappa shape index (κ3) is 8.74. The third-order valence-electron chi connectivity index (χ3n) is 3.04. The first-order valence-corrected chi connectivity index (χ1v) is 7.87. The summed E-state index contributed by atoms with van der Waals surface area (Å²) in [5.74, 6) is -3.41. The number of phenols is 4. The van der Waals surface area contributed by atoms with E-state index in [0.29, 0.717) is 0 Å². The molecule has 3 rings (SSSR count). The Balaban J connectivity index is 0.000000219. The van der Waals surface area contributed by atoms with Crippen molar-refractivity contribution in [2.75, 3.05) is 26.4 Å². The number of phenolic OH excluding ortho intramolecular Hbond substituents is 4. The van der Waals surface area contributed by atoms with E-state index in [1.165, 1.54) is 0 Å². The minimum Gasteiger partial charge on any atom is -0.508 e. The molecule has 0 saturated carbocycles. The Morgan fingerprint density at radius 3 is 1.00 bits per heavy atom. The molecule has 0 atom stereocenters. The Morgan fingerprint density at radius 2 is 0.821 bits per heavy atom. The van der Waals surface area contributed by atoms with Gasteiger partial charge in [-0.2, -0.15) is 0 Å². The second-order valence-electron chi connectivity index (χ2n) is 5.31. The Bertz CT molecular complexity index is 685. The van der Waals surface area contributed by atoms with Crippen molar-refractivity contribution >= 4 is 11.9 Å². The fourth-order valence-electron chi connectivity index (χ4n) is 1.88. The molecule has 1 saturated heterocycles. The summed E-state index contributed by atoms with van der Waals surface area (Å²) >= 11 is 0. The van der Waals surface area contributed by atoms with Crippen LogP contribution in [0.2, 0.25) is 0 Å². The lowest BCUT2D eigenvalue weighted by atomic mass is 10.2. The van der Waals surface area contributed by atoms with Gasteiger partial charge in [-0.05, 0) is 24.3 Å². The molecule has 6 N–H and O–H groups in total. The molecule has 0 spiro atoms. The molecule has 0 unspecified atom stereocenters. The fourth-order valence-corrected chi connectivity index (χ4v) is 1.88. The molecule has 1 heterocycles. The number of aromatic hydroxyl groups is 4. The van der Waals surface area contributed by atoms with Gasteiger partial charge in [-0.25, -0.2) is 9.59 Å². The van der Waals surface area contributed by atoms with Crippen LogP contribution in [0.5, 0.6) is 23.0 Å². The number of hydrogen-bond donors (Lipinski definition) is 6. The van der Waals surface area contributed by atoms with E-state index in [9.17, 15) is 9.59 Å². The van der Waals surface area contributed by atoms with Gasteiger partial charge in [-0.15, -0.1) is 0 Å². The number of carbonyl (C=O) groups is 2. The fraction of sp³-hybridized carbons (Fsp3) is 0.222. The van der Waals surface area contributed by atoms with E-state index in [1.807, 2.05) is 0 Å². The molecule has 152 valence electrons. The zero-order valence-electron chi connectivity index (χ0n) is 14.6. The maximum Gasteiger partial charge on any atom is 0.335 e. The normalized spacial score (nSPS) is 12.6. The van der Waals surface area contributed by atoms with Gasteiger partial charge in [-0.1, -0.05) is 0 Å². The van der Waals surface area contributed by atoms with Crippen molar-refractivity contribution in [3.8, 4) is 23.0 Å². The first-order chi connectivity index (χ1) is 13.2. The number of aromatic carboxylic acids is 2. The van der Waals surface area contributed by atoms with Crippen molar-refractivity contribution in [2.24, 2.45) is 0 Å². The first-order valence-electron chi connectivity index (χ1n) is 7.87. The van der Waals surface area contributed by atoms with Gasteiger partial charge in [-0.3, -0.25) is 0 Å². The summed E-state index contributed by atoms with van der Waals surface area (Å²) in [6, 6.07) is 6.35. The van der Waals surface area contributed by atoms with Crippen molar-refractivity contribution in [2.45, 2.75) is 0 Å². The lowest BCUT2D eigenvalue weighted by molar-refractivity contribution is -0.0334. The van der Waals surface area contributed by atoms with Crippen LogP contribution in [0.15, 0.2) is 36.4 Å². The summed E-state index contributed by atoms with van der Waals surface area (Å²) in [5, 5.41) is 52.1. The van der Waals surface area contributed by atoms with Gasteiger partial charge in [0.05, 0.1) is 37.6 Å². The lowest BCUT2D eigenvalue weighted by Crippen LogP contribution is -2.16. The van der Waals surface area contributed by atoms with Crippen LogP contribution in [0.1, 0.15) is 20.7 Å². The number of carboxylic acids is 2. The van der Waals surface area contributed by atoms with Gasteiger partial charge in [0.1, 0.15) is 23.0 Å². The first kappa shape index (κ1) is 22.5. The standard InChI is InChI=1S/2C7H6O4.C4H8O2/c2*8-5-1-4(7(10)11)2-6(9)3-5;1-2-6-4-3-5-1/h2*1-3,8-9H,(H,10,11);1-4H2. The van der Waals surface area contributed by atoms with Gasteiger partial charge >= 0.3 is 11.9 Å². The van der Waals surface area contributed by atoms with E-state index >= 15 is 0 Å². The highest BCUT2D eigenvalue weighted by Crippen LogP contribution is 2.20. The molecule has 1 aliphatic rings. The maximum absolute atomic E-state index is 10.3. The molecule has 0 aromatic heterocycles. The summed E-state index contributed by atoms with van der Waals surface area (Å²) < 4.78 is 9.89. The van der Waals surface area contributed by atoms with Gasteiger partial charge in [0, 0.05) is 12.1 Å². The summed E-state index contributed by atoms with van der Waals surface area (Å²) in [6.07, 6.45) is 0. The van der Waals surface area contributed by atoms with E-state index in [0.717, 1.165) is 62.8 Å². The van der Waals surface area contributed by atoms with Gasteiger partial charge in [0.25, 0.3) is 0 Å². The molecule has 0 aliphatic carbocycles. The molecule has 1 aliphatic heterocycles. The molecular formula is C18H20O10. The molecule has 2 aromatic carbocycles. The molecular weight excluding hydrogens is 376 g/mol. The predicted octanol–water partition coefficient (Wildman–Crippen LogP) is 1.63. The number of rotatable bonds is 2. The van der Waals surface area contributed by atoms with E-state index in [-0.39, 0.29) is 34.1 Å². The topological polar surface area (TPSA) is 174 Å². The second kappa shape index (κ2) is 11.3. The van der Waals surface area contributed by atoms with E-state index < -0.39 is 11.9 Å². The molecule has 0 amide bonds. The Morgan fingerprint density at radius 1 is 0.571 bits per heavy atom. The third-order valence-corrected chi connectivity index (χ3v) is 3.04. The van der Waals surface area contributed by atoms with Gasteiger partial charge in [0.2, 0.25) is 0 Å². The SMILES string of the molecule is C1COCCO1.O=C(O)c1cc(O)cc(O)c1.O=C(O)c1cc(O)cc(O)c1. The zero-order chi connectivity index (χ0) is 21.1. The second-order valence-corrected chi connectivity index (χ2v) is 5.31. The minimum absolute atomic E-state index is 0.137. The number of ether oxygens (including phenoxy) is 2. The Labute approximate surface area is 159 Å². The van der Waals surface area contributed by atoms with Crippen LogP contribution in [0.3, 0.4) is 0 Å². The molecule has 10 nitrogen and oxygen atoms in total. The van der Waals surface area contributed by atoms with Crippen molar-refractivity contribution in [3.63, 3.8) is 0 Å². The average Bonchev–Trinajstić information content (AvgIpc) is 2.62. The summed E-state index contributed by atoms with van der Waals surface area (Å²) in [6.45, 7) is 3.11. The van der Waals surface area contributed by atoms with E-state index in [1.54, 1.807) is 0 Å². The summed E-state index contributed by atoms with van der Waals surface area (Å²) in [7, 11) is 0. The lowest BCUT2D eigenvalue weighted by Gasteiger charge is -2.09. The van der Waals surface area contributed by atoms with Crippen molar-refractivity contribution < 1.29 is 49.7 Å². The molecule has 28 heavy (non-hydrogen) atoms. The van der Waals surface area contributed by atoms with Crippen LogP contribution in [0.25, 0.3) is 0 Å². The maximum atomic E-state index is 10.3. The molecule has 0 bridgehead atoms. The largest absolute Gasteiger partial charge is 0.508 e. The van der Waals surface area contributed by atoms with Gasteiger partial charge < -0.3 is 40.1 Å². The highest BCUT2D eigenvalue weighted by atomic mass is 16.6. The predicted molar refractivity (Wildman–Crippen MR) is 95.1 cm³/mol. The van der Waals surface area contributed by atoms with Gasteiger partial charge in [0.15, 0.2) is 0 Å². The summed E-state index contributed by atoms with van der Waals surface area (Å²) in [5.41, 5.74) is -0.273. The minimum atomic E-state index is -1.18. The number of benzene rings is 2. The van der Waals surface area contributed by atoms with Crippen molar-refractivity contribution in [3.05, 3.63) is 47.5 Å². The van der Waals surface area contributed by atoms with E-state index in [4.69, 9.17) is 40.1 Å². The Kier molecular flexibility index (Phi) is 9.07. The molecule has 10 heteroatoms.